The summed E-state index contributed by atoms with van der Waals surface area (Å²) in [6.07, 6.45) is 23.2. The SMILES string of the molecule is CCCCCCCCCCCCCCCCCCCCOC(=O)c1ccccc1C(=O)OCC(C)S(=O)(=O)O. The van der Waals surface area contributed by atoms with Gasteiger partial charge in [0, 0.05) is 0 Å². The molecule has 224 valence electrons. The fourth-order valence-electron chi connectivity index (χ4n) is 4.44. The van der Waals surface area contributed by atoms with Crippen molar-refractivity contribution in [3.8, 4) is 0 Å². The first-order chi connectivity index (χ1) is 18.8. The molecule has 0 aromatic heterocycles. The van der Waals surface area contributed by atoms with Gasteiger partial charge in [-0.15, -0.1) is 0 Å². The van der Waals surface area contributed by atoms with Crippen LogP contribution in [0.3, 0.4) is 0 Å². The molecule has 7 nitrogen and oxygen atoms in total. The van der Waals surface area contributed by atoms with Crippen LogP contribution in [-0.2, 0) is 19.6 Å². The lowest BCUT2D eigenvalue weighted by Gasteiger charge is -2.12. The molecule has 0 heterocycles. The molecule has 0 aliphatic rings. The zero-order valence-corrected chi connectivity index (χ0v) is 25.2. The number of carbonyl (C=O) groups excluding carboxylic acids is 2. The highest BCUT2D eigenvalue weighted by atomic mass is 32.2. The van der Waals surface area contributed by atoms with Gasteiger partial charge in [-0.1, -0.05) is 128 Å². The number of ether oxygens (including phenoxy) is 2. The number of rotatable bonds is 24. The Morgan fingerprint density at radius 1 is 0.667 bits per heavy atom. The monoisotopic (exact) mass is 568 g/mol. The number of hydrogen-bond donors (Lipinski definition) is 1. The van der Waals surface area contributed by atoms with E-state index in [4.69, 9.17) is 14.0 Å². The highest BCUT2D eigenvalue weighted by Crippen LogP contribution is 2.16. The van der Waals surface area contributed by atoms with Gasteiger partial charge >= 0.3 is 11.9 Å². The van der Waals surface area contributed by atoms with Crippen molar-refractivity contribution in [1.82, 2.24) is 0 Å². The van der Waals surface area contributed by atoms with Crippen LogP contribution >= 0.6 is 0 Å². The van der Waals surface area contributed by atoms with E-state index in [1.54, 1.807) is 12.1 Å². The van der Waals surface area contributed by atoms with Crippen molar-refractivity contribution in [2.45, 2.75) is 135 Å². The summed E-state index contributed by atoms with van der Waals surface area (Å²) in [5.41, 5.74) is 0.0762. The summed E-state index contributed by atoms with van der Waals surface area (Å²) in [4.78, 5) is 24.8. The van der Waals surface area contributed by atoms with Gasteiger partial charge in [-0.2, -0.15) is 8.42 Å². The van der Waals surface area contributed by atoms with Crippen LogP contribution in [0.2, 0.25) is 0 Å². The second-order valence-corrected chi connectivity index (χ2v) is 12.5. The molecular formula is C31H52O7S. The Morgan fingerprint density at radius 2 is 1.03 bits per heavy atom. The third kappa shape index (κ3) is 17.4. The molecule has 1 aromatic rings. The molecule has 0 saturated carbocycles. The van der Waals surface area contributed by atoms with Gasteiger partial charge < -0.3 is 9.47 Å². The molecule has 8 heteroatoms. The molecule has 0 saturated heterocycles. The smallest absolute Gasteiger partial charge is 0.339 e. The second-order valence-electron chi connectivity index (χ2n) is 10.6. The summed E-state index contributed by atoms with van der Waals surface area (Å²) in [5, 5.41) is -1.26. The van der Waals surface area contributed by atoms with Crippen LogP contribution in [0.15, 0.2) is 24.3 Å². The molecule has 0 fully saturated rings. The first-order valence-corrected chi connectivity index (χ1v) is 16.7. The third-order valence-corrected chi connectivity index (χ3v) is 8.21. The lowest BCUT2D eigenvalue weighted by atomic mass is 10.0. The Kier molecular flexibility index (Phi) is 19.7. The van der Waals surface area contributed by atoms with Crippen LogP contribution in [0.1, 0.15) is 150 Å². The van der Waals surface area contributed by atoms with Gasteiger partial charge in [0.1, 0.15) is 11.9 Å². The van der Waals surface area contributed by atoms with E-state index in [-0.39, 0.29) is 17.7 Å². The number of esters is 2. The molecule has 1 N–H and O–H groups in total. The van der Waals surface area contributed by atoms with Gasteiger partial charge in [0.15, 0.2) is 0 Å². The van der Waals surface area contributed by atoms with Crippen molar-refractivity contribution in [3.63, 3.8) is 0 Å². The first-order valence-electron chi connectivity index (χ1n) is 15.2. The van der Waals surface area contributed by atoms with Gasteiger partial charge in [0.25, 0.3) is 10.1 Å². The Hall–Kier alpha value is -1.93. The van der Waals surface area contributed by atoms with Crippen molar-refractivity contribution in [3.05, 3.63) is 35.4 Å². The standard InChI is InChI=1S/C31H52O7S/c1-3-4-5-6-7-8-9-10-11-12-13-14-15-16-17-18-19-22-25-37-30(32)28-23-20-21-24-29(28)31(33)38-26-27(2)39(34,35)36/h20-21,23-24,27H,3-19,22,25-26H2,1-2H3,(H,34,35,36). The molecule has 39 heavy (non-hydrogen) atoms. The summed E-state index contributed by atoms with van der Waals surface area (Å²) in [6, 6.07) is 6.09. The largest absolute Gasteiger partial charge is 0.462 e. The van der Waals surface area contributed by atoms with Crippen molar-refractivity contribution < 1.29 is 32.0 Å². The number of benzene rings is 1. The van der Waals surface area contributed by atoms with E-state index in [9.17, 15) is 18.0 Å². The number of carbonyl (C=O) groups is 2. The topological polar surface area (TPSA) is 107 Å². The minimum Gasteiger partial charge on any atom is -0.462 e. The maximum atomic E-state index is 12.5. The summed E-state index contributed by atoms with van der Waals surface area (Å²) < 4.78 is 41.5. The van der Waals surface area contributed by atoms with Gasteiger partial charge in [0.05, 0.1) is 17.7 Å². The summed E-state index contributed by atoms with van der Waals surface area (Å²) >= 11 is 0. The summed E-state index contributed by atoms with van der Waals surface area (Å²) in [5.74, 6) is -1.46. The van der Waals surface area contributed by atoms with Crippen LogP contribution in [0.25, 0.3) is 0 Å². The predicted octanol–water partition coefficient (Wildman–Crippen LogP) is 8.32. The van der Waals surface area contributed by atoms with Gasteiger partial charge in [-0.05, 0) is 25.5 Å². The van der Waals surface area contributed by atoms with Gasteiger partial charge in [0.2, 0.25) is 0 Å². The van der Waals surface area contributed by atoms with E-state index in [1.165, 1.54) is 115 Å². The average Bonchev–Trinajstić information content (AvgIpc) is 2.92. The van der Waals surface area contributed by atoms with Crippen molar-refractivity contribution in [1.29, 1.82) is 0 Å². The second kappa shape index (κ2) is 21.8. The van der Waals surface area contributed by atoms with Gasteiger partial charge in [-0.25, -0.2) is 9.59 Å². The molecule has 0 radical (unpaired) electrons. The van der Waals surface area contributed by atoms with E-state index in [0.717, 1.165) is 19.3 Å². The lowest BCUT2D eigenvalue weighted by Crippen LogP contribution is -2.25. The maximum Gasteiger partial charge on any atom is 0.339 e. The normalized spacial score (nSPS) is 12.3. The van der Waals surface area contributed by atoms with E-state index >= 15 is 0 Å². The first kappa shape index (κ1) is 35.1. The van der Waals surface area contributed by atoms with Crippen molar-refractivity contribution >= 4 is 22.1 Å². The third-order valence-electron chi connectivity index (χ3n) is 7.06. The zero-order chi connectivity index (χ0) is 28.8. The average molecular weight is 569 g/mol. The maximum absolute atomic E-state index is 12.5. The van der Waals surface area contributed by atoms with E-state index < -0.39 is 33.9 Å². The number of unbranched alkanes of at least 4 members (excludes halogenated alkanes) is 17. The fourth-order valence-corrected chi connectivity index (χ4v) is 4.68. The predicted molar refractivity (Wildman–Crippen MR) is 157 cm³/mol. The molecule has 0 bridgehead atoms. The Morgan fingerprint density at radius 3 is 1.41 bits per heavy atom. The van der Waals surface area contributed by atoms with Crippen LogP contribution < -0.4 is 0 Å². The Bertz CT molecular complexity index is 898. The minimum absolute atomic E-state index is 0.00263. The van der Waals surface area contributed by atoms with Crippen molar-refractivity contribution in [2.24, 2.45) is 0 Å². The molecule has 1 atom stereocenters. The molecule has 0 aliphatic carbocycles. The van der Waals surface area contributed by atoms with E-state index in [1.807, 2.05) is 0 Å². The molecule has 0 amide bonds. The quantitative estimate of drug-likeness (QED) is 0.0759. The molecular weight excluding hydrogens is 516 g/mol. The molecule has 1 rings (SSSR count). The highest BCUT2D eigenvalue weighted by Gasteiger charge is 2.23. The molecule has 0 aliphatic heterocycles. The van der Waals surface area contributed by atoms with E-state index in [0.29, 0.717) is 0 Å². The Balaban J connectivity index is 2.06. The van der Waals surface area contributed by atoms with Crippen LogP contribution in [0.4, 0.5) is 0 Å². The van der Waals surface area contributed by atoms with E-state index in [2.05, 4.69) is 6.92 Å². The zero-order valence-electron chi connectivity index (χ0n) is 24.3. The van der Waals surface area contributed by atoms with Crippen LogP contribution in [-0.4, -0.2) is 43.4 Å². The minimum atomic E-state index is -4.31. The highest BCUT2D eigenvalue weighted by molar-refractivity contribution is 7.86. The fraction of sp³-hybridized carbons (Fsp3) is 0.742. The lowest BCUT2D eigenvalue weighted by molar-refractivity contribution is 0.0454. The summed E-state index contributed by atoms with van der Waals surface area (Å²) in [7, 11) is -4.31. The van der Waals surface area contributed by atoms with Crippen LogP contribution in [0.5, 0.6) is 0 Å². The van der Waals surface area contributed by atoms with Crippen molar-refractivity contribution in [2.75, 3.05) is 13.2 Å². The number of hydrogen-bond acceptors (Lipinski definition) is 6. The molecule has 1 aromatic carbocycles. The van der Waals surface area contributed by atoms with Gasteiger partial charge in [-0.3, -0.25) is 4.55 Å². The molecule has 0 spiro atoms. The summed E-state index contributed by atoms with van der Waals surface area (Å²) in [6.45, 7) is 3.25. The molecule has 1 unspecified atom stereocenters. The van der Waals surface area contributed by atoms with Crippen LogP contribution in [0, 0.1) is 0 Å². The Labute approximate surface area is 237 Å².